The highest BCUT2D eigenvalue weighted by molar-refractivity contribution is 7.17. The molecule has 130 valence electrons. The van der Waals surface area contributed by atoms with Crippen molar-refractivity contribution in [3.63, 3.8) is 0 Å². The molecule has 0 aliphatic rings. The fraction of sp³-hybridized carbons (Fsp3) is 0.316. The van der Waals surface area contributed by atoms with Crippen molar-refractivity contribution in [3.05, 3.63) is 42.0 Å². The van der Waals surface area contributed by atoms with E-state index >= 15 is 0 Å². The minimum absolute atomic E-state index is 0.0595. The summed E-state index contributed by atoms with van der Waals surface area (Å²) in [5.41, 5.74) is 1.91. The largest absolute Gasteiger partial charge is 0.358 e. The van der Waals surface area contributed by atoms with Gasteiger partial charge in [0, 0.05) is 16.5 Å². The molecule has 3 aromatic rings. The van der Waals surface area contributed by atoms with Crippen molar-refractivity contribution in [3.8, 4) is 11.1 Å². The van der Waals surface area contributed by atoms with E-state index in [9.17, 15) is 4.79 Å². The van der Waals surface area contributed by atoms with E-state index in [2.05, 4.69) is 38.1 Å². The van der Waals surface area contributed by atoms with Crippen molar-refractivity contribution >= 4 is 33.3 Å². The second-order valence-electron chi connectivity index (χ2n) is 7.02. The van der Waals surface area contributed by atoms with Gasteiger partial charge in [0.1, 0.15) is 23.0 Å². The number of anilines is 1. The van der Waals surface area contributed by atoms with Crippen LogP contribution in [-0.4, -0.2) is 27.5 Å². The van der Waals surface area contributed by atoms with Crippen LogP contribution in [0.3, 0.4) is 0 Å². The molecule has 0 saturated carbocycles. The smallest absolute Gasteiger partial charge is 0.242 e. The molecule has 0 saturated heterocycles. The quantitative estimate of drug-likeness (QED) is 0.741. The number of aromatic nitrogens is 2. The van der Waals surface area contributed by atoms with Crippen LogP contribution in [-0.2, 0) is 4.79 Å². The van der Waals surface area contributed by atoms with Crippen LogP contribution in [0.15, 0.2) is 42.0 Å². The van der Waals surface area contributed by atoms with Crippen LogP contribution in [0, 0.1) is 0 Å². The second-order valence-corrected chi connectivity index (χ2v) is 7.88. The van der Waals surface area contributed by atoms with E-state index < -0.39 is 6.04 Å². The van der Waals surface area contributed by atoms with Crippen molar-refractivity contribution in [2.24, 2.45) is 0 Å². The number of rotatable bonds is 4. The van der Waals surface area contributed by atoms with Gasteiger partial charge in [-0.3, -0.25) is 4.79 Å². The van der Waals surface area contributed by atoms with Crippen molar-refractivity contribution in [2.45, 2.75) is 39.3 Å². The predicted octanol–water partition coefficient (Wildman–Crippen LogP) is 4.07. The standard InChI is InChI=1S/C19H22N4OS/c1-12(17(24)23-19(2,3)4)22-16-15-14(13-8-6-5-7-9-13)10-25-18(15)21-11-20-16/h5-12H,1-4H3,(H,23,24)(H,20,21,22). The van der Waals surface area contributed by atoms with Gasteiger partial charge in [-0.05, 0) is 33.3 Å². The molecule has 1 amide bonds. The van der Waals surface area contributed by atoms with Gasteiger partial charge in [0.25, 0.3) is 0 Å². The molecule has 1 unspecified atom stereocenters. The van der Waals surface area contributed by atoms with Crippen molar-refractivity contribution in [1.29, 1.82) is 0 Å². The van der Waals surface area contributed by atoms with Crippen LogP contribution in [0.4, 0.5) is 5.82 Å². The Morgan fingerprint density at radius 2 is 1.88 bits per heavy atom. The summed E-state index contributed by atoms with van der Waals surface area (Å²) in [5.74, 6) is 0.623. The monoisotopic (exact) mass is 354 g/mol. The molecule has 0 fully saturated rings. The molecule has 2 heterocycles. The average molecular weight is 354 g/mol. The van der Waals surface area contributed by atoms with Gasteiger partial charge in [0.15, 0.2) is 0 Å². The molecule has 25 heavy (non-hydrogen) atoms. The summed E-state index contributed by atoms with van der Waals surface area (Å²) in [4.78, 5) is 22.0. The van der Waals surface area contributed by atoms with E-state index in [1.54, 1.807) is 11.3 Å². The lowest BCUT2D eigenvalue weighted by atomic mass is 10.1. The number of carbonyl (C=O) groups excluding carboxylic acids is 1. The minimum Gasteiger partial charge on any atom is -0.358 e. The molecule has 6 heteroatoms. The van der Waals surface area contributed by atoms with Crippen molar-refractivity contribution in [2.75, 3.05) is 5.32 Å². The number of amides is 1. The zero-order valence-electron chi connectivity index (χ0n) is 14.8. The molecule has 0 bridgehead atoms. The van der Waals surface area contributed by atoms with Crippen LogP contribution >= 0.6 is 11.3 Å². The van der Waals surface area contributed by atoms with Gasteiger partial charge in [0.05, 0.1) is 5.39 Å². The Kier molecular flexibility index (Phi) is 4.72. The van der Waals surface area contributed by atoms with Crippen molar-refractivity contribution < 1.29 is 4.79 Å². The molecule has 0 radical (unpaired) electrons. The molecule has 1 aromatic carbocycles. The van der Waals surface area contributed by atoms with Crippen LogP contribution in [0.1, 0.15) is 27.7 Å². The molecule has 2 aromatic heterocycles. The Hall–Kier alpha value is -2.47. The Bertz CT molecular complexity index is 883. The highest BCUT2D eigenvalue weighted by Gasteiger charge is 2.21. The third-order valence-corrected chi connectivity index (χ3v) is 4.59. The number of benzene rings is 1. The van der Waals surface area contributed by atoms with Crippen LogP contribution in [0.2, 0.25) is 0 Å². The lowest BCUT2D eigenvalue weighted by Crippen LogP contribution is -2.47. The highest BCUT2D eigenvalue weighted by atomic mass is 32.1. The molecular formula is C19H22N4OS. The first-order valence-electron chi connectivity index (χ1n) is 8.21. The summed E-state index contributed by atoms with van der Waals surface area (Å²) in [7, 11) is 0. The molecule has 3 rings (SSSR count). The Morgan fingerprint density at radius 3 is 2.56 bits per heavy atom. The first kappa shape index (κ1) is 17.4. The molecule has 0 spiro atoms. The van der Waals surface area contributed by atoms with E-state index in [1.807, 2.05) is 45.9 Å². The number of fused-ring (bicyclic) bond motifs is 1. The summed E-state index contributed by atoms with van der Waals surface area (Å²) in [6.07, 6.45) is 1.53. The maximum atomic E-state index is 12.4. The third-order valence-electron chi connectivity index (χ3n) is 3.70. The third kappa shape index (κ3) is 3.96. The molecule has 1 atom stereocenters. The summed E-state index contributed by atoms with van der Waals surface area (Å²) in [6, 6.07) is 9.74. The summed E-state index contributed by atoms with van der Waals surface area (Å²) >= 11 is 1.58. The maximum absolute atomic E-state index is 12.4. The topological polar surface area (TPSA) is 66.9 Å². The lowest BCUT2D eigenvalue weighted by Gasteiger charge is -2.24. The molecule has 2 N–H and O–H groups in total. The maximum Gasteiger partial charge on any atom is 0.242 e. The average Bonchev–Trinajstić information content (AvgIpc) is 2.99. The molecule has 5 nitrogen and oxygen atoms in total. The zero-order valence-corrected chi connectivity index (χ0v) is 15.6. The summed E-state index contributed by atoms with van der Waals surface area (Å²) < 4.78 is 0. The Balaban J connectivity index is 1.94. The van der Waals surface area contributed by atoms with Gasteiger partial charge in [-0.25, -0.2) is 9.97 Å². The highest BCUT2D eigenvalue weighted by Crippen LogP contribution is 2.36. The molecular weight excluding hydrogens is 332 g/mol. The number of hydrogen-bond acceptors (Lipinski definition) is 5. The van der Waals surface area contributed by atoms with E-state index in [-0.39, 0.29) is 11.4 Å². The van der Waals surface area contributed by atoms with Gasteiger partial charge in [0.2, 0.25) is 5.91 Å². The van der Waals surface area contributed by atoms with Gasteiger partial charge in [-0.15, -0.1) is 11.3 Å². The summed E-state index contributed by atoms with van der Waals surface area (Å²) in [6.45, 7) is 7.73. The first-order chi connectivity index (χ1) is 11.8. The molecule has 0 aliphatic heterocycles. The second kappa shape index (κ2) is 6.80. The fourth-order valence-electron chi connectivity index (χ4n) is 2.56. The fourth-order valence-corrected chi connectivity index (χ4v) is 3.48. The van der Waals surface area contributed by atoms with E-state index in [0.717, 1.165) is 21.3 Å². The van der Waals surface area contributed by atoms with Gasteiger partial charge >= 0.3 is 0 Å². The minimum atomic E-state index is -0.402. The number of thiophene rings is 1. The van der Waals surface area contributed by atoms with Crippen molar-refractivity contribution in [1.82, 2.24) is 15.3 Å². The first-order valence-corrected chi connectivity index (χ1v) is 9.09. The van der Waals surface area contributed by atoms with Gasteiger partial charge < -0.3 is 10.6 Å². The number of nitrogens with zero attached hydrogens (tertiary/aromatic N) is 2. The van der Waals surface area contributed by atoms with E-state index in [4.69, 9.17) is 0 Å². The van der Waals surface area contributed by atoms with Crippen LogP contribution in [0.25, 0.3) is 21.3 Å². The van der Waals surface area contributed by atoms with E-state index in [0.29, 0.717) is 5.82 Å². The van der Waals surface area contributed by atoms with Crippen LogP contribution < -0.4 is 10.6 Å². The predicted molar refractivity (Wildman–Crippen MR) is 104 cm³/mol. The Morgan fingerprint density at radius 1 is 1.16 bits per heavy atom. The van der Waals surface area contributed by atoms with Crippen LogP contribution in [0.5, 0.6) is 0 Å². The van der Waals surface area contributed by atoms with E-state index in [1.165, 1.54) is 6.33 Å². The number of carbonyl (C=O) groups is 1. The zero-order chi connectivity index (χ0) is 18.0. The number of nitrogens with one attached hydrogen (secondary N) is 2. The van der Waals surface area contributed by atoms with Gasteiger partial charge in [-0.1, -0.05) is 30.3 Å². The molecule has 0 aliphatic carbocycles. The Labute approximate surface area is 151 Å². The lowest BCUT2D eigenvalue weighted by molar-refractivity contribution is -0.122. The van der Waals surface area contributed by atoms with Gasteiger partial charge in [-0.2, -0.15) is 0 Å². The summed E-state index contributed by atoms with van der Waals surface area (Å²) in [5, 5.41) is 9.27. The number of hydrogen-bond donors (Lipinski definition) is 2. The normalized spacial score (nSPS) is 12.8. The SMILES string of the molecule is CC(Nc1ncnc2scc(-c3ccccc3)c12)C(=O)NC(C)(C)C.